The van der Waals surface area contributed by atoms with Gasteiger partial charge in [0.05, 0.1) is 0 Å². The number of aromatic nitrogens is 1. The highest BCUT2D eigenvalue weighted by molar-refractivity contribution is 5.84. The van der Waals surface area contributed by atoms with Gasteiger partial charge < -0.3 is 15.8 Å². The van der Waals surface area contributed by atoms with E-state index in [0.29, 0.717) is 5.69 Å². The first-order valence-electron chi connectivity index (χ1n) is 8.21. The molecule has 2 amide bonds. The van der Waals surface area contributed by atoms with E-state index in [1.807, 2.05) is 0 Å². The average Bonchev–Trinajstić information content (AvgIpc) is 2.54. The number of hydrogen-bond acceptors (Lipinski definition) is 4. The molecule has 1 heterocycles. The first-order chi connectivity index (χ1) is 12.2. The Bertz CT molecular complexity index is 835. The number of carbonyl (C=O) groups is 2. The smallest absolute Gasteiger partial charge is 0.408 e. The predicted octanol–water partition coefficient (Wildman–Crippen LogP) is 1.76. The van der Waals surface area contributed by atoms with Gasteiger partial charge in [-0.3, -0.25) is 14.2 Å². The number of primary amides is 1. The summed E-state index contributed by atoms with van der Waals surface area (Å²) in [6, 6.07) is 11.1. The van der Waals surface area contributed by atoms with Crippen LogP contribution >= 0.6 is 0 Å². The summed E-state index contributed by atoms with van der Waals surface area (Å²) >= 11 is 0. The molecule has 0 bridgehead atoms. The summed E-state index contributed by atoms with van der Waals surface area (Å²) in [5, 5.41) is 2.49. The summed E-state index contributed by atoms with van der Waals surface area (Å²) < 4.78 is 6.66. The van der Waals surface area contributed by atoms with Crippen molar-refractivity contribution in [2.45, 2.75) is 38.8 Å². The molecule has 7 heteroatoms. The number of hydrogen-bond donors (Lipinski definition) is 2. The number of nitrogens with one attached hydrogen (secondary N) is 1. The SMILES string of the molecule is CC(C)(C)OC(=O)N[C@H](Cc1ccc(-n2ccccc2=O)cc1)C(N)=O. The van der Waals surface area contributed by atoms with E-state index in [4.69, 9.17) is 10.5 Å². The lowest BCUT2D eigenvalue weighted by Gasteiger charge is -2.22. The average molecular weight is 357 g/mol. The molecule has 0 unspecified atom stereocenters. The third-order valence-corrected chi connectivity index (χ3v) is 3.51. The standard InChI is InChI=1S/C19H23N3O4/c1-19(2,3)26-18(25)21-15(17(20)24)12-13-7-9-14(10-8-13)22-11-5-4-6-16(22)23/h4-11,15H,12H2,1-3H3,(H2,20,24)(H,21,25)/t15-/m1/s1. The van der Waals surface area contributed by atoms with Crippen LogP contribution in [0.1, 0.15) is 26.3 Å². The number of carbonyl (C=O) groups excluding carboxylic acids is 2. The largest absolute Gasteiger partial charge is 0.444 e. The quantitative estimate of drug-likeness (QED) is 0.851. The van der Waals surface area contributed by atoms with Crippen LogP contribution in [0.2, 0.25) is 0 Å². The second-order valence-electron chi connectivity index (χ2n) is 6.88. The van der Waals surface area contributed by atoms with E-state index in [2.05, 4.69) is 5.32 Å². The van der Waals surface area contributed by atoms with Crippen LogP contribution in [0.5, 0.6) is 0 Å². The van der Waals surface area contributed by atoms with E-state index in [-0.39, 0.29) is 12.0 Å². The number of nitrogens with zero attached hydrogens (tertiary/aromatic N) is 1. The van der Waals surface area contributed by atoms with Crippen LogP contribution in [0, 0.1) is 0 Å². The molecule has 2 aromatic rings. The van der Waals surface area contributed by atoms with Crippen molar-refractivity contribution in [3.63, 3.8) is 0 Å². The maximum Gasteiger partial charge on any atom is 0.408 e. The Morgan fingerprint density at radius 1 is 1.15 bits per heavy atom. The van der Waals surface area contributed by atoms with E-state index in [9.17, 15) is 14.4 Å². The van der Waals surface area contributed by atoms with Crippen molar-refractivity contribution in [3.8, 4) is 5.69 Å². The zero-order valence-corrected chi connectivity index (χ0v) is 15.1. The molecule has 7 nitrogen and oxygen atoms in total. The van der Waals surface area contributed by atoms with Crippen LogP contribution < -0.4 is 16.6 Å². The van der Waals surface area contributed by atoms with Gasteiger partial charge >= 0.3 is 6.09 Å². The first kappa shape index (κ1) is 19.2. The molecule has 0 saturated carbocycles. The van der Waals surface area contributed by atoms with Gasteiger partial charge in [-0.1, -0.05) is 18.2 Å². The van der Waals surface area contributed by atoms with Crippen LogP contribution in [-0.4, -0.2) is 28.2 Å². The maximum absolute atomic E-state index is 11.9. The van der Waals surface area contributed by atoms with Gasteiger partial charge in [-0.05, 0) is 44.5 Å². The van der Waals surface area contributed by atoms with Crippen LogP contribution in [0.3, 0.4) is 0 Å². The number of ether oxygens (including phenoxy) is 1. The lowest BCUT2D eigenvalue weighted by Crippen LogP contribution is -2.47. The minimum atomic E-state index is -0.893. The Hall–Kier alpha value is -3.09. The fourth-order valence-electron chi connectivity index (χ4n) is 2.34. The van der Waals surface area contributed by atoms with Gasteiger partial charge in [0, 0.05) is 24.4 Å². The Morgan fingerprint density at radius 2 is 1.81 bits per heavy atom. The van der Waals surface area contributed by atoms with E-state index >= 15 is 0 Å². The van der Waals surface area contributed by atoms with E-state index in [1.54, 1.807) is 63.4 Å². The Balaban J connectivity index is 2.10. The molecule has 3 N–H and O–H groups in total. The van der Waals surface area contributed by atoms with Gasteiger partial charge in [0.15, 0.2) is 0 Å². The van der Waals surface area contributed by atoms with Gasteiger partial charge in [0.25, 0.3) is 5.56 Å². The highest BCUT2D eigenvalue weighted by Gasteiger charge is 2.23. The number of nitrogens with two attached hydrogens (primary N) is 1. The zero-order valence-electron chi connectivity index (χ0n) is 15.1. The normalized spacial score (nSPS) is 12.3. The number of benzene rings is 1. The van der Waals surface area contributed by atoms with Gasteiger partial charge in [-0.25, -0.2) is 4.79 Å². The number of amides is 2. The van der Waals surface area contributed by atoms with Gasteiger partial charge in [0.1, 0.15) is 11.6 Å². The summed E-state index contributed by atoms with van der Waals surface area (Å²) in [5.74, 6) is -0.654. The van der Waals surface area contributed by atoms with Crippen molar-refractivity contribution in [1.29, 1.82) is 0 Å². The number of pyridine rings is 1. The van der Waals surface area contributed by atoms with Crippen LogP contribution in [0.25, 0.3) is 5.69 Å². The third-order valence-electron chi connectivity index (χ3n) is 3.51. The Morgan fingerprint density at radius 3 is 2.35 bits per heavy atom. The topological polar surface area (TPSA) is 103 Å². The summed E-state index contributed by atoms with van der Waals surface area (Å²) in [7, 11) is 0. The van der Waals surface area contributed by atoms with Gasteiger partial charge in [0.2, 0.25) is 5.91 Å². The second kappa shape index (κ2) is 7.86. The lowest BCUT2D eigenvalue weighted by molar-refractivity contribution is -0.120. The maximum atomic E-state index is 11.9. The highest BCUT2D eigenvalue weighted by atomic mass is 16.6. The highest BCUT2D eigenvalue weighted by Crippen LogP contribution is 2.11. The molecule has 138 valence electrons. The van der Waals surface area contributed by atoms with Crippen LogP contribution in [0.4, 0.5) is 4.79 Å². The molecule has 0 aliphatic carbocycles. The van der Waals surface area contributed by atoms with Crippen LogP contribution in [-0.2, 0) is 16.0 Å². The Labute approximate surface area is 151 Å². The van der Waals surface area contributed by atoms with E-state index < -0.39 is 23.6 Å². The van der Waals surface area contributed by atoms with Crippen molar-refractivity contribution >= 4 is 12.0 Å². The van der Waals surface area contributed by atoms with Crippen molar-refractivity contribution in [2.75, 3.05) is 0 Å². The van der Waals surface area contributed by atoms with E-state index in [1.165, 1.54) is 10.6 Å². The van der Waals surface area contributed by atoms with Crippen molar-refractivity contribution in [2.24, 2.45) is 5.73 Å². The molecule has 0 spiro atoms. The van der Waals surface area contributed by atoms with Crippen molar-refractivity contribution in [3.05, 3.63) is 64.6 Å². The molecule has 26 heavy (non-hydrogen) atoms. The van der Waals surface area contributed by atoms with Crippen molar-refractivity contribution < 1.29 is 14.3 Å². The molecule has 0 saturated heterocycles. The van der Waals surface area contributed by atoms with Crippen LogP contribution in [0.15, 0.2) is 53.5 Å². The zero-order chi connectivity index (χ0) is 19.3. The number of rotatable bonds is 5. The molecule has 0 aliphatic heterocycles. The molecular weight excluding hydrogens is 334 g/mol. The molecule has 2 rings (SSSR count). The Kier molecular flexibility index (Phi) is 5.82. The lowest BCUT2D eigenvalue weighted by atomic mass is 10.1. The summed E-state index contributed by atoms with van der Waals surface area (Å²) in [6.45, 7) is 5.20. The third kappa shape index (κ3) is 5.47. The van der Waals surface area contributed by atoms with Crippen molar-refractivity contribution in [1.82, 2.24) is 9.88 Å². The predicted molar refractivity (Wildman–Crippen MR) is 98.1 cm³/mol. The summed E-state index contributed by atoms with van der Waals surface area (Å²) in [4.78, 5) is 35.4. The molecule has 1 atom stereocenters. The summed E-state index contributed by atoms with van der Waals surface area (Å²) in [6.07, 6.45) is 1.19. The molecular formula is C19H23N3O4. The van der Waals surface area contributed by atoms with Gasteiger partial charge in [-0.2, -0.15) is 0 Å². The monoisotopic (exact) mass is 357 g/mol. The molecule has 0 radical (unpaired) electrons. The molecule has 1 aromatic carbocycles. The fraction of sp³-hybridized carbons (Fsp3) is 0.316. The minimum absolute atomic E-state index is 0.137. The minimum Gasteiger partial charge on any atom is -0.444 e. The second-order valence-corrected chi connectivity index (χ2v) is 6.88. The number of alkyl carbamates (subject to hydrolysis) is 1. The van der Waals surface area contributed by atoms with E-state index in [0.717, 1.165) is 5.56 Å². The first-order valence-corrected chi connectivity index (χ1v) is 8.21. The summed E-state index contributed by atoms with van der Waals surface area (Å²) in [5.41, 5.74) is 6.07. The molecule has 0 aliphatic rings. The molecule has 0 fully saturated rings. The molecule has 1 aromatic heterocycles. The van der Waals surface area contributed by atoms with Gasteiger partial charge in [-0.15, -0.1) is 0 Å². The fourth-order valence-corrected chi connectivity index (χ4v) is 2.34.